The highest BCUT2D eigenvalue weighted by Crippen LogP contribution is 2.18. The number of nitrogens with zero attached hydrogens (tertiary/aromatic N) is 2. The van der Waals surface area contributed by atoms with Gasteiger partial charge >= 0.3 is 0 Å². The molecular formula is C20H24N4O2. The fourth-order valence-electron chi connectivity index (χ4n) is 3.19. The number of primary amides is 1. The molecule has 2 aromatic carbocycles. The summed E-state index contributed by atoms with van der Waals surface area (Å²) in [5, 5.41) is 2.79. The number of anilines is 2. The van der Waals surface area contributed by atoms with Crippen molar-refractivity contribution in [3.8, 4) is 0 Å². The van der Waals surface area contributed by atoms with Crippen LogP contribution in [0.1, 0.15) is 15.9 Å². The Labute approximate surface area is 153 Å². The number of carbonyl (C=O) groups excluding carboxylic acids is 2. The second-order valence-electron chi connectivity index (χ2n) is 6.56. The number of hydrogen-bond acceptors (Lipinski definition) is 4. The fourth-order valence-corrected chi connectivity index (χ4v) is 3.19. The van der Waals surface area contributed by atoms with Gasteiger partial charge in [-0.15, -0.1) is 0 Å². The lowest BCUT2D eigenvalue weighted by molar-refractivity contribution is -0.117. The average molecular weight is 352 g/mol. The minimum Gasteiger partial charge on any atom is -0.369 e. The summed E-state index contributed by atoms with van der Waals surface area (Å²) >= 11 is 0. The van der Waals surface area contributed by atoms with Crippen molar-refractivity contribution in [2.24, 2.45) is 5.73 Å². The quantitative estimate of drug-likeness (QED) is 0.861. The van der Waals surface area contributed by atoms with E-state index in [0.29, 0.717) is 17.8 Å². The molecule has 0 aromatic heterocycles. The van der Waals surface area contributed by atoms with Gasteiger partial charge in [0, 0.05) is 31.9 Å². The lowest BCUT2D eigenvalue weighted by Gasteiger charge is -2.35. The molecule has 6 heteroatoms. The maximum absolute atomic E-state index is 12.3. The van der Waals surface area contributed by atoms with Crippen LogP contribution in [0.5, 0.6) is 0 Å². The van der Waals surface area contributed by atoms with Gasteiger partial charge in [-0.2, -0.15) is 0 Å². The number of carbonyl (C=O) groups is 2. The van der Waals surface area contributed by atoms with Crippen LogP contribution in [0.15, 0.2) is 48.5 Å². The molecule has 0 bridgehead atoms. The summed E-state index contributed by atoms with van der Waals surface area (Å²) in [6, 6.07) is 15.3. The van der Waals surface area contributed by atoms with E-state index in [1.807, 2.05) is 0 Å². The summed E-state index contributed by atoms with van der Waals surface area (Å²) in [5.41, 5.74) is 8.61. The SMILES string of the molecule is Cc1cccc(N2CCN(CC(=O)Nc3ccccc3C(N)=O)CC2)c1. The Balaban J connectivity index is 1.53. The number of nitrogens with two attached hydrogens (primary N) is 1. The first-order valence-electron chi connectivity index (χ1n) is 8.75. The Bertz CT molecular complexity index is 798. The molecule has 6 nitrogen and oxygen atoms in total. The predicted octanol–water partition coefficient (Wildman–Crippen LogP) is 1.85. The molecule has 3 rings (SSSR count). The molecule has 0 atom stereocenters. The van der Waals surface area contributed by atoms with Crippen LogP contribution in [0, 0.1) is 6.92 Å². The molecule has 2 aromatic rings. The van der Waals surface area contributed by atoms with E-state index in [-0.39, 0.29) is 5.91 Å². The van der Waals surface area contributed by atoms with E-state index in [1.54, 1.807) is 24.3 Å². The number of hydrogen-bond donors (Lipinski definition) is 2. The molecule has 1 heterocycles. The van der Waals surface area contributed by atoms with Crippen molar-refractivity contribution >= 4 is 23.2 Å². The minimum absolute atomic E-state index is 0.136. The molecule has 3 N–H and O–H groups in total. The highest BCUT2D eigenvalue weighted by atomic mass is 16.2. The van der Waals surface area contributed by atoms with Gasteiger partial charge in [-0.25, -0.2) is 0 Å². The summed E-state index contributed by atoms with van der Waals surface area (Å²) in [7, 11) is 0. The number of rotatable bonds is 5. The van der Waals surface area contributed by atoms with E-state index in [1.165, 1.54) is 11.3 Å². The maximum atomic E-state index is 12.3. The highest BCUT2D eigenvalue weighted by molar-refractivity contribution is 6.03. The second kappa shape index (κ2) is 8.01. The normalized spacial score (nSPS) is 14.9. The van der Waals surface area contributed by atoms with Crippen molar-refractivity contribution in [1.29, 1.82) is 0 Å². The first-order chi connectivity index (χ1) is 12.5. The van der Waals surface area contributed by atoms with Gasteiger partial charge in [0.1, 0.15) is 0 Å². The predicted molar refractivity (Wildman–Crippen MR) is 103 cm³/mol. The van der Waals surface area contributed by atoms with Crippen LogP contribution in [0.2, 0.25) is 0 Å². The van der Waals surface area contributed by atoms with E-state index in [2.05, 4.69) is 46.3 Å². The number of aryl methyl sites for hydroxylation is 1. The van der Waals surface area contributed by atoms with Gasteiger partial charge < -0.3 is 16.0 Å². The number of benzene rings is 2. The van der Waals surface area contributed by atoms with Crippen LogP contribution in [0.3, 0.4) is 0 Å². The van der Waals surface area contributed by atoms with Crippen LogP contribution in [-0.4, -0.2) is 49.4 Å². The maximum Gasteiger partial charge on any atom is 0.250 e. The molecule has 1 saturated heterocycles. The van der Waals surface area contributed by atoms with Crippen LogP contribution < -0.4 is 16.0 Å². The highest BCUT2D eigenvalue weighted by Gasteiger charge is 2.20. The monoisotopic (exact) mass is 352 g/mol. The minimum atomic E-state index is -0.548. The molecular weight excluding hydrogens is 328 g/mol. The van der Waals surface area contributed by atoms with Gasteiger partial charge in [0.05, 0.1) is 17.8 Å². The number of para-hydroxylation sites is 1. The van der Waals surface area contributed by atoms with Gasteiger partial charge in [0.25, 0.3) is 5.91 Å². The van der Waals surface area contributed by atoms with E-state index in [0.717, 1.165) is 26.2 Å². The molecule has 0 aliphatic carbocycles. The Hall–Kier alpha value is -2.86. The standard InChI is InChI=1S/C20H24N4O2/c1-15-5-4-6-16(13-15)24-11-9-23(10-12-24)14-19(25)22-18-8-3-2-7-17(18)20(21)26/h2-8,13H,9-12,14H2,1H3,(H2,21,26)(H,22,25). The van der Waals surface area contributed by atoms with Crippen molar-refractivity contribution in [3.05, 3.63) is 59.7 Å². The summed E-state index contributed by atoms with van der Waals surface area (Å²) < 4.78 is 0. The van der Waals surface area contributed by atoms with E-state index in [4.69, 9.17) is 5.73 Å². The molecule has 1 aliphatic rings. The Morgan fingerprint density at radius 3 is 2.46 bits per heavy atom. The molecule has 1 aliphatic heterocycles. The first-order valence-corrected chi connectivity index (χ1v) is 8.75. The molecule has 136 valence electrons. The summed E-state index contributed by atoms with van der Waals surface area (Å²) in [6.45, 7) is 5.80. The Morgan fingerprint density at radius 2 is 1.77 bits per heavy atom. The zero-order valence-corrected chi connectivity index (χ0v) is 14.9. The fraction of sp³-hybridized carbons (Fsp3) is 0.300. The van der Waals surface area contributed by atoms with Crippen LogP contribution >= 0.6 is 0 Å². The smallest absolute Gasteiger partial charge is 0.250 e. The largest absolute Gasteiger partial charge is 0.369 e. The van der Waals surface area contributed by atoms with E-state index >= 15 is 0 Å². The molecule has 1 fully saturated rings. The molecule has 0 radical (unpaired) electrons. The average Bonchev–Trinajstić information content (AvgIpc) is 2.62. The van der Waals surface area contributed by atoms with Gasteiger partial charge in [0.15, 0.2) is 0 Å². The first kappa shape index (κ1) is 17.9. The molecule has 0 unspecified atom stereocenters. The third-order valence-electron chi connectivity index (χ3n) is 4.57. The topological polar surface area (TPSA) is 78.7 Å². The molecule has 26 heavy (non-hydrogen) atoms. The van der Waals surface area contributed by atoms with Crippen molar-refractivity contribution in [1.82, 2.24) is 4.90 Å². The van der Waals surface area contributed by atoms with Crippen LogP contribution in [0.4, 0.5) is 11.4 Å². The van der Waals surface area contributed by atoms with Crippen LogP contribution in [-0.2, 0) is 4.79 Å². The van der Waals surface area contributed by atoms with Gasteiger partial charge in [-0.05, 0) is 36.8 Å². The third-order valence-corrected chi connectivity index (χ3v) is 4.57. The van der Waals surface area contributed by atoms with Crippen LogP contribution in [0.25, 0.3) is 0 Å². The zero-order valence-electron chi connectivity index (χ0n) is 14.9. The van der Waals surface area contributed by atoms with E-state index in [9.17, 15) is 9.59 Å². The summed E-state index contributed by atoms with van der Waals surface area (Å²) in [4.78, 5) is 28.2. The molecule has 0 saturated carbocycles. The molecule has 2 amide bonds. The van der Waals surface area contributed by atoms with Crippen molar-refractivity contribution in [2.45, 2.75) is 6.92 Å². The van der Waals surface area contributed by atoms with Crippen molar-refractivity contribution < 1.29 is 9.59 Å². The lowest BCUT2D eigenvalue weighted by atomic mass is 10.1. The number of amides is 2. The third kappa shape index (κ3) is 4.40. The Morgan fingerprint density at radius 1 is 1.04 bits per heavy atom. The summed E-state index contributed by atoms with van der Waals surface area (Å²) in [5.74, 6) is -0.685. The van der Waals surface area contributed by atoms with Gasteiger partial charge in [-0.1, -0.05) is 24.3 Å². The second-order valence-corrected chi connectivity index (χ2v) is 6.56. The number of nitrogens with one attached hydrogen (secondary N) is 1. The van der Waals surface area contributed by atoms with Gasteiger partial charge in [-0.3, -0.25) is 14.5 Å². The zero-order chi connectivity index (χ0) is 18.5. The summed E-state index contributed by atoms with van der Waals surface area (Å²) in [6.07, 6.45) is 0. The van der Waals surface area contributed by atoms with Gasteiger partial charge in [0.2, 0.25) is 5.91 Å². The molecule has 0 spiro atoms. The van der Waals surface area contributed by atoms with Crippen molar-refractivity contribution in [2.75, 3.05) is 42.9 Å². The lowest BCUT2D eigenvalue weighted by Crippen LogP contribution is -2.48. The Kier molecular flexibility index (Phi) is 5.53. The number of piperazine rings is 1. The van der Waals surface area contributed by atoms with E-state index < -0.39 is 5.91 Å². The van der Waals surface area contributed by atoms with Crippen molar-refractivity contribution in [3.63, 3.8) is 0 Å².